The Hall–Kier alpha value is -1.12. The molecule has 0 heterocycles. The smallest absolute Gasteiger partial charge is 0.146 e. The highest BCUT2D eigenvalue weighted by Gasteiger charge is 1.85. The summed E-state index contributed by atoms with van der Waals surface area (Å²) in [6.07, 6.45) is 4.94. The largest absolute Gasteiger partial charge is 0.303 e. The van der Waals surface area contributed by atoms with Crippen LogP contribution in [0, 0.1) is 0 Å². The van der Waals surface area contributed by atoms with Gasteiger partial charge in [-0.25, -0.2) is 0 Å². The van der Waals surface area contributed by atoms with Crippen LogP contribution in [0.15, 0.2) is 16.8 Å². The highest BCUT2D eigenvalue weighted by Crippen LogP contribution is 1.92. The standard InChI is InChI=1S/C8H14N2O/c1-4-8(7-11)5-6-9-10(2)3/h5-7H,4H2,1-3H3/b8-5-,9-6+. The van der Waals surface area contributed by atoms with E-state index in [9.17, 15) is 4.79 Å². The van der Waals surface area contributed by atoms with Crippen LogP contribution in [0.2, 0.25) is 0 Å². The molecule has 0 radical (unpaired) electrons. The molecule has 0 N–H and O–H groups in total. The SMILES string of the molecule is CC/C(C=O)=C/C=N/N(C)C. The van der Waals surface area contributed by atoms with Crippen LogP contribution in [0.3, 0.4) is 0 Å². The van der Waals surface area contributed by atoms with Crippen molar-refractivity contribution in [2.45, 2.75) is 13.3 Å². The average molecular weight is 154 g/mol. The zero-order chi connectivity index (χ0) is 8.69. The molecule has 0 bridgehead atoms. The van der Waals surface area contributed by atoms with E-state index in [1.165, 1.54) is 0 Å². The van der Waals surface area contributed by atoms with E-state index in [4.69, 9.17) is 0 Å². The molecule has 0 atom stereocenters. The second-order valence-electron chi connectivity index (χ2n) is 2.32. The molecule has 3 heteroatoms. The molecule has 62 valence electrons. The monoisotopic (exact) mass is 154 g/mol. The number of carbonyl (C=O) groups is 1. The highest BCUT2D eigenvalue weighted by molar-refractivity contribution is 5.83. The van der Waals surface area contributed by atoms with Crippen LogP contribution in [0.1, 0.15) is 13.3 Å². The molecule has 0 saturated heterocycles. The van der Waals surface area contributed by atoms with Gasteiger partial charge in [-0.2, -0.15) is 5.10 Å². The molecular formula is C8H14N2O. The molecule has 0 spiro atoms. The van der Waals surface area contributed by atoms with E-state index in [0.717, 1.165) is 18.3 Å². The second kappa shape index (κ2) is 5.65. The molecule has 0 aliphatic rings. The number of hydrogen-bond acceptors (Lipinski definition) is 3. The number of aldehydes is 1. The number of carbonyl (C=O) groups excluding carboxylic acids is 1. The number of hydrogen-bond donors (Lipinski definition) is 0. The summed E-state index contributed by atoms with van der Waals surface area (Å²) in [5, 5.41) is 5.61. The van der Waals surface area contributed by atoms with E-state index in [1.807, 2.05) is 21.0 Å². The van der Waals surface area contributed by atoms with Crippen molar-refractivity contribution >= 4 is 12.5 Å². The molecule has 3 nitrogen and oxygen atoms in total. The van der Waals surface area contributed by atoms with Crippen molar-refractivity contribution in [2.24, 2.45) is 5.10 Å². The van der Waals surface area contributed by atoms with Gasteiger partial charge in [0.25, 0.3) is 0 Å². The molecule has 0 aliphatic carbocycles. The maximum atomic E-state index is 10.3. The molecule has 0 rings (SSSR count). The molecule has 0 amide bonds. The van der Waals surface area contributed by atoms with E-state index in [1.54, 1.807) is 17.3 Å². The molecule has 0 aliphatic heterocycles. The maximum Gasteiger partial charge on any atom is 0.146 e. The van der Waals surface area contributed by atoms with Gasteiger partial charge in [-0.3, -0.25) is 4.79 Å². The van der Waals surface area contributed by atoms with Gasteiger partial charge in [0.05, 0.1) is 0 Å². The van der Waals surface area contributed by atoms with Gasteiger partial charge >= 0.3 is 0 Å². The van der Waals surface area contributed by atoms with Crippen LogP contribution in [-0.2, 0) is 4.79 Å². The Labute approximate surface area is 67.4 Å². The van der Waals surface area contributed by atoms with Gasteiger partial charge in [-0.05, 0) is 18.1 Å². The third kappa shape index (κ3) is 5.33. The predicted molar refractivity (Wildman–Crippen MR) is 46.6 cm³/mol. The third-order valence-electron chi connectivity index (χ3n) is 1.15. The summed E-state index contributed by atoms with van der Waals surface area (Å²) in [5.41, 5.74) is 0.760. The molecule has 0 saturated carbocycles. The Morgan fingerprint density at radius 1 is 1.55 bits per heavy atom. The first kappa shape index (κ1) is 9.88. The van der Waals surface area contributed by atoms with Crippen molar-refractivity contribution in [3.8, 4) is 0 Å². The lowest BCUT2D eigenvalue weighted by atomic mass is 10.2. The average Bonchev–Trinajstić information content (AvgIpc) is 1.98. The summed E-state index contributed by atoms with van der Waals surface area (Å²) in [4.78, 5) is 10.3. The number of rotatable bonds is 4. The molecule has 0 fully saturated rings. The van der Waals surface area contributed by atoms with Crippen LogP contribution < -0.4 is 0 Å². The van der Waals surface area contributed by atoms with Gasteiger partial charge in [0.1, 0.15) is 6.29 Å². The van der Waals surface area contributed by atoms with Crippen LogP contribution in [-0.4, -0.2) is 31.6 Å². The van der Waals surface area contributed by atoms with Gasteiger partial charge in [-0.1, -0.05) is 6.92 Å². The van der Waals surface area contributed by atoms with Crippen LogP contribution in [0.5, 0.6) is 0 Å². The van der Waals surface area contributed by atoms with Gasteiger partial charge in [-0.15, -0.1) is 0 Å². The van der Waals surface area contributed by atoms with Gasteiger partial charge in [0.2, 0.25) is 0 Å². The Morgan fingerprint density at radius 3 is 2.55 bits per heavy atom. The van der Waals surface area contributed by atoms with Crippen molar-refractivity contribution in [1.29, 1.82) is 0 Å². The van der Waals surface area contributed by atoms with E-state index < -0.39 is 0 Å². The van der Waals surface area contributed by atoms with Crippen molar-refractivity contribution in [3.63, 3.8) is 0 Å². The summed E-state index contributed by atoms with van der Waals surface area (Å²) in [6.45, 7) is 1.93. The number of allylic oxidation sites excluding steroid dienone is 2. The lowest BCUT2D eigenvalue weighted by molar-refractivity contribution is -0.105. The summed E-state index contributed by atoms with van der Waals surface area (Å²) in [7, 11) is 3.66. The second-order valence-corrected chi connectivity index (χ2v) is 2.32. The first-order valence-electron chi connectivity index (χ1n) is 3.56. The van der Waals surface area contributed by atoms with Crippen LogP contribution >= 0.6 is 0 Å². The summed E-state index contributed by atoms with van der Waals surface area (Å²) < 4.78 is 0. The predicted octanol–water partition coefficient (Wildman–Crippen LogP) is 1.07. The number of hydrazone groups is 1. The molecule has 0 aromatic heterocycles. The minimum Gasteiger partial charge on any atom is -0.303 e. The van der Waals surface area contributed by atoms with E-state index >= 15 is 0 Å². The van der Waals surface area contributed by atoms with E-state index in [2.05, 4.69) is 5.10 Å². The van der Waals surface area contributed by atoms with Crippen molar-refractivity contribution < 1.29 is 4.79 Å². The molecular weight excluding hydrogens is 140 g/mol. The van der Waals surface area contributed by atoms with Crippen molar-refractivity contribution in [1.82, 2.24) is 5.01 Å². The molecule has 11 heavy (non-hydrogen) atoms. The minimum absolute atomic E-state index is 0.753. The highest BCUT2D eigenvalue weighted by atomic mass is 16.1. The molecule has 0 aromatic rings. The fourth-order valence-electron chi connectivity index (χ4n) is 0.503. The molecule has 0 unspecified atom stereocenters. The van der Waals surface area contributed by atoms with Crippen LogP contribution in [0.25, 0.3) is 0 Å². The Balaban J connectivity index is 3.97. The fraction of sp³-hybridized carbons (Fsp3) is 0.500. The molecule has 0 aromatic carbocycles. The summed E-state index contributed by atoms with van der Waals surface area (Å²) in [5.74, 6) is 0. The first-order chi connectivity index (χ1) is 5.20. The topological polar surface area (TPSA) is 32.7 Å². The maximum absolute atomic E-state index is 10.3. The fourth-order valence-corrected chi connectivity index (χ4v) is 0.503. The summed E-state index contributed by atoms with van der Waals surface area (Å²) >= 11 is 0. The quantitative estimate of drug-likeness (QED) is 0.262. The van der Waals surface area contributed by atoms with Crippen molar-refractivity contribution in [3.05, 3.63) is 11.6 Å². The third-order valence-corrected chi connectivity index (χ3v) is 1.15. The van der Waals surface area contributed by atoms with Crippen LogP contribution in [0.4, 0.5) is 0 Å². The zero-order valence-electron chi connectivity index (χ0n) is 7.24. The minimum atomic E-state index is 0.753. The number of nitrogens with zero attached hydrogens (tertiary/aromatic N) is 2. The Morgan fingerprint density at radius 2 is 2.18 bits per heavy atom. The van der Waals surface area contributed by atoms with Gasteiger partial charge < -0.3 is 5.01 Å². The van der Waals surface area contributed by atoms with Gasteiger partial charge in [0, 0.05) is 20.3 Å². The lowest BCUT2D eigenvalue weighted by Crippen LogP contribution is -2.00. The summed E-state index contributed by atoms with van der Waals surface area (Å²) in [6, 6.07) is 0. The Kier molecular flexibility index (Phi) is 5.07. The lowest BCUT2D eigenvalue weighted by Gasteiger charge is -2.00. The van der Waals surface area contributed by atoms with E-state index in [-0.39, 0.29) is 0 Å². The van der Waals surface area contributed by atoms with E-state index in [0.29, 0.717) is 0 Å². The van der Waals surface area contributed by atoms with Gasteiger partial charge in [0.15, 0.2) is 0 Å². The Bertz CT molecular complexity index is 171. The zero-order valence-corrected chi connectivity index (χ0v) is 7.24. The first-order valence-corrected chi connectivity index (χ1v) is 3.56. The normalized spacial score (nSPS) is 12.1. The van der Waals surface area contributed by atoms with Crippen molar-refractivity contribution in [2.75, 3.05) is 14.1 Å².